The zero-order valence-electron chi connectivity index (χ0n) is 11.4. The zero-order valence-corrected chi connectivity index (χ0v) is 12.9. The molecule has 0 radical (unpaired) electrons. The average Bonchev–Trinajstić information content (AvgIpc) is 2.55. The van der Waals surface area contributed by atoms with Gasteiger partial charge in [0, 0.05) is 16.1 Å². The summed E-state index contributed by atoms with van der Waals surface area (Å²) in [5, 5.41) is 10.2. The molecule has 0 fully saturated rings. The Morgan fingerprint density at radius 3 is 2.18 bits per heavy atom. The van der Waals surface area contributed by atoms with Gasteiger partial charge in [-0.2, -0.15) is 5.26 Å². The molecule has 0 spiro atoms. The van der Waals surface area contributed by atoms with Crippen LogP contribution in [-0.4, -0.2) is 4.98 Å². The molecule has 0 saturated heterocycles. The highest BCUT2D eigenvalue weighted by Gasteiger charge is 2.13. The van der Waals surface area contributed by atoms with Crippen LogP contribution in [0.1, 0.15) is 5.56 Å². The van der Waals surface area contributed by atoms with Crippen LogP contribution >= 0.6 is 23.2 Å². The van der Waals surface area contributed by atoms with E-state index < -0.39 is 0 Å². The van der Waals surface area contributed by atoms with Crippen LogP contribution in [0.2, 0.25) is 10.2 Å². The number of hydrogen-bond acceptors (Lipinski definition) is 2. The lowest BCUT2D eigenvalue weighted by molar-refractivity contribution is 1.30. The van der Waals surface area contributed by atoms with Gasteiger partial charge in [-0.15, -0.1) is 0 Å². The van der Waals surface area contributed by atoms with Crippen molar-refractivity contribution < 1.29 is 0 Å². The van der Waals surface area contributed by atoms with Crippen molar-refractivity contribution in [3.8, 4) is 28.5 Å². The fourth-order valence-electron chi connectivity index (χ4n) is 2.23. The molecule has 0 aliphatic heterocycles. The van der Waals surface area contributed by atoms with Gasteiger partial charge in [-0.3, -0.25) is 0 Å². The van der Waals surface area contributed by atoms with E-state index in [1.165, 1.54) is 0 Å². The molecule has 0 aliphatic carbocycles. The summed E-state index contributed by atoms with van der Waals surface area (Å²) in [4.78, 5) is 4.33. The summed E-state index contributed by atoms with van der Waals surface area (Å²) in [6, 6.07) is 21.0. The van der Waals surface area contributed by atoms with Crippen molar-refractivity contribution in [3.05, 3.63) is 76.4 Å². The maximum absolute atomic E-state index is 9.37. The van der Waals surface area contributed by atoms with E-state index in [1.807, 2.05) is 48.5 Å². The Bertz CT molecular complexity index is 851. The molecule has 2 aromatic carbocycles. The number of hydrogen-bond donors (Lipinski definition) is 0. The summed E-state index contributed by atoms with van der Waals surface area (Å²) < 4.78 is 0. The van der Waals surface area contributed by atoms with Crippen molar-refractivity contribution in [2.24, 2.45) is 0 Å². The van der Waals surface area contributed by atoms with E-state index in [4.69, 9.17) is 23.2 Å². The fraction of sp³-hybridized carbons (Fsp3) is 0. The van der Waals surface area contributed by atoms with Crippen molar-refractivity contribution >= 4 is 23.2 Å². The lowest BCUT2D eigenvalue weighted by Gasteiger charge is -2.09. The van der Waals surface area contributed by atoms with Gasteiger partial charge in [0.2, 0.25) is 0 Å². The average molecular weight is 325 g/mol. The molecule has 1 heterocycles. The van der Waals surface area contributed by atoms with Crippen LogP contribution < -0.4 is 0 Å². The third kappa shape index (κ3) is 2.82. The second kappa shape index (κ2) is 6.19. The molecule has 0 unspecified atom stereocenters. The summed E-state index contributed by atoms with van der Waals surface area (Å²) in [6.45, 7) is 0. The van der Waals surface area contributed by atoms with Gasteiger partial charge in [0.25, 0.3) is 0 Å². The Morgan fingerprint density at radius 2 is 1.55 bits per heavy atom. The van der Waals surface area contributed by atoms with Crippen molar-refractivity contribution in [2.45, 2.75) is 0 Å². The van der Waals surface area contributed by atoms with Crippen LogP contribution in [0, 0.1) is 11.3 Å². The lowest BCUT2D eigenvalue weighted by atomic mass is 9.99. The van der Waals surface area contributed by atoms with Gasteiger partial charge >= 0.3 is 0 Å². The second-order valence-corrected chi connectivity index (χ2v) is 5.50. The van der Waals surface area contributed by atoms with E-state index in [-0.39, 0.29) is 5.15 Å². The zero-order chi connectivity index (χ0) is 15.5. The molecule has 22 heavy (non-hydrogen) atoms. The molecule has 0 atom stereocenters. The summed E-state index contributed by atoms with van der Waals surface area (Å²) in [5.41, 5.74) is 3.68. The van der Waals surface area contributed by atoms with E-state index in [0.29, 0.717) is 16.3 Å². The van der Waals surface area contributed by atoms with Crippen LogP contribution in [0.5, 0.6) is 0 Å². The normalized spacial score (nSPS) is 10.2. The predicted molar refractivity (Wildman–Crippen MR) is 89.8 cm³/mol. The van der Waals surface area contributed by atoms with E-state index in [9.17, 15) is 5.26 Å². The second-order valence-electron chi connectivity index (χ2n) is 4.71. The van der Waals surface area contributed by atoms with E-state index in [0.717, 1.165) is 16.7 Å². The van der Waals surface area contributed by atoms with Crippen LogP contribution in [-0.2, 0) is 0 Å². The SMILES string of the molecule is N#Cc1c(-c2ccccc2)cc(-c2ccc(Cl)cc2)nc1Cl. The number of pyridine rings is 1. The molecular weight excluding hydrogens is 315 g/mol. The van der Waals surface area contributed by atoms with Crippen LogP contribution in [0.15, 0.2) is 60.7 Å². The standard InChI is InChI=1S/C18H10Cl2N2/c19-14-8-6-13(7-9-14)17-10-15(12-4-2-1-3-5-12)16(11-21)18(20)22-17/h1-10H. The smallest absolute Gasteiger partial charge is 0.148 e. The first-order valence-electron chi connectivity index (χ1n) is 6.61. The summed E-state index contributed by atoms with van der Waals surface area (Å²) >= 11 is 12.1. The van der Waals surface area contributed by atoms with Crippen LogP contribution in [0.25, 0.3) is 22.4 Å². The molecule has 3 aromatic rings. The van der Waals surface area contributed by atoms with E-state index >= 15 is 0 Å². The first-order valence-corrected chi connectivity index (χ1v) is 7.36. The van der Waals surface area contributed by atoms with Gasteiger partial charge in [0.1, 0.15) is 11.2 Å². The number of nitriles is 1. The molecule has 106 valence electrons. The quantitative estimate of drug-likeness (QED) is 0.576. The highest BCUT2D eigenvalue weighted by Crippen LogP contribution is 2.32. The molecule has 0 amide bonds. The van der Waals surface area contributed by atoms with Crippen molar-refractivity contribution in [1.82, 2.24) is 4.98 Å². The molecule has 0 N–H and O–H groups in total. The summed E-state index contributed by atoms with van der Waals surface area (Å²) in [6.07, 6.45) is 0. The van der Waals surface area contributed by atoms with Gasteiger partial charge in [0.05, 0.1) is 11.3 Å². The van der Waals surface area contributed by atoms with Crippen molar-refractivity contribution in [2.75, 3.05) is 0 Å². The monoisotopic (exact) mass is 324 g/mol. The van der Waals surface area contributed by atoms with Crippen LogP contribution in [0.3, 0.4) is 0 Å². The molecule has 3 rings (SSSR count). The largest absolute Gasteiger partial charge is 0.235 e. The molecule has 0 aliphatic rings. The van der Waals surface area contributed by atoms with Gasteiger partial charge in [-0.25, -0.2) is 4.98 Å². The number of rotatable bonds is 2. The number of aromatic nitrogens is 1. The van der Waals surface area contributed by atoms with Gasteiger partial charge in [0.15, 0.2) is 0 Å². The van der Waals surface area contributed by atoms with Gasteiger partial charge in [-0.1, -0.05) is 65.7 Å². The molecule has 1 aromatic heterocycles. The van der Waals surface area contributed by atoms with Crippen LogP contribution in [0.4, 0.5) is 0 Å². The van der Waals surface area contributed by atoms with Gasteiger partial charge in [-0.05, 0) is 23.8 Å². The minimum absolute atomic E-state index is 0.203. The van der Waals surface area contributed by atoms with Gasteiger partial charge < -0.3 is 0 Å². The number of benzene rings is 2. The fourth-order valence-corrected chi connectivity index (χ4v) is 2.60. The topological polar surface area (TPSA) is 36.7 Å². The Morgan fingerprint density at radius 1 is 0.864 bits per heavy atom. The number of halogens is 2. The Kier molecular flexibility index (Phi) is 4.11. The summed E-state index contributed by atoms with van der Waals surface area (Å²) in [7, 11) is 0. The van der Waals surface area contributed by atoms with E-state index in [1.54, 1.807) is 12.1 Å². The minimum atomic E-state index is 0.203. The molecule has 4 heteroatoms. The first kappa shape index (κ1) is 14.6. The van der Waals surface area contributed by atoms with Crippen molar-refractivity contribution in [3.63, 3.8) is 0 Å². The summed E-state index contributed by atoms with van der Waals surface area (Å²) in [5.74, 6) is 0. The third-order valence-electron chi connectivity index (χ3n) is 3.31. The number of nitrogens with zero attached hydrogens (tertiary/aromatic N) is 2. The lowest BCUT2D eigenvalue weighted by Crippen LogP contribution is -1.93. The molecule has 0 bridgehead atoms. The highest BCUT2D eigenvalue weighted by atomic mass is 35.5. The Hall–Kier alpha value is -2.34. The predicted octanol–water partition coefficient (Wildman–Crippen LogP) is 5.59. The van der Waals surface area contributed by atoms with Crippen molar-refractivity contribution in [1.29, 1.82) is 5.26 Å². The first-order chi connectivity index (χ1) is 10.7. The van der Waals surface area contributed by atoms with E-state index in [2.05, 4.69) is 11.1 Å². The Balaban J connectivity index is 2.21. The minimum Gasteiger partial charge on any atom is -0.235 e. The highest BCUT2D eigenvalue weighted by molar-refractivity contribution is 6.31. The molecular formula is C18H10Cl2N2. The maximum atomic E-state index is 9.37. The third-order valence-corrected chi connectivity index (χ3v) is 3.84. The molecule has 2 nitrogen and oxygen atoms in total. The Labute approximate surface area is 138 Å². The molecule has 0 saturated carbocycles. The maximum Gasteiger partial charge on any atom is 0.148 e.